The molecular formula is C25H26FN9O. The first-order chi connectivity index (χ1) is 17.2. The molecule has 3 heterocycles. The van der Waals surface area contributed by atoms with Gasteiger partial charge in [-0.15, -0.1) is 0 Å². The molecule has 0 saturated heterocycles. The van der Waals surface area contributed by atoms with Crippen molar-refractivity contribution in [3.8, 4) is 17.7 Å². The summed E-state index contributed by atoms with van der Waals surface area (Å²) in [6.45, 7) is 4.69. The highest BCUT2D eigenvalue weighted by Crippen LogP contribution is 2.27. The molecule has 4 aromatic rings. The number of aliphatic hydroxyl groups excluding tert-OH is 1. The third kappa shape index (κ3) is 4.89. The topological polar surface area (TPSA) is 157 Å². The molecule has 11 heteroatoms. The fourth-order valence-electron chi connectivity index (χ4n) is 3.62. The van der Waals surface area contributed by atoms with Crippen molar-refractivity contribution in [3.63, 3.8) is 0 Å². The summed E-state index contributed by atoms with van der Waals surface area (Å²) in [7, 11) is 0. The molecular weight excluding hydrogens is 461 g/mol. The van der Waals surface area contributed by atoms with E-state index >= 15 is 0 Å². The van der Waals surface area contributed by atoms with Crippen LogP contribution in [-0.2, 0) is 0 Å². The standard InChI is InChI=1S/C25H26FN9O/c1-14(28)4-8-23(29)31-17-5-7-22-21(10-17)30-13-34(22)24-9-6-19(16(3)36)25(32-24)35-18(12-27)11-20(33-35)15(2)26/h4-11,13,15-16,31,36H,28-29H2,1-3H3/b14-4-,23-8+. The van der Waals surface area contributed by atoms with Crippen LogP contribution in [0.3, 0.4) is 0 Å². The molecule has 2 unspecified atom stereocenters. The predicted molar refractivity (Wildman–Crippen MR) is 135 cm³/mol. The SMILES string of the molecule is C/C(N)=C/C=C(\N)Nc1ccc2c(c1)ncn2-c1ccc(C(C)O)c(-n2nc(C(C)F)cc2C#N)n1. The molecule has 2 atom stereocenters. The molecule has 4 rings (SSSR count). The largest absolute Gasteiger partial charge is 0.402 e. The first-order valence-electron chi connectivity index (χ1n) is 11.2. The van der Waals surface area contributed by atoms with Gasteiger partial charge in [0.25, 0.3) is 0 Å². The summed E-state index contributed by atoms with van der Waals surface area (Å²) >= 11 is 0. The number of halogens is 1. The minimum atomic E-state index is -1.36. The van der Waals surface area contributed by atoms with Gasteiger partial charge in [0.2, 0.25) is 0 Å². The Morgan fingerprint density at radius 1 is 1.19 bits per heavy atom. The number of pyridine rings is 1. The zero-order valence-corrected chi connectivity index (χ0v) is 20.0. The number of hydrogen-bond acceptors (Lipinski definition) is 8. The van der Waals surface area contributed by atoms with Gasteiger partial charge in [0.15, 0.2) is 5.82 Å². The smallest absolute Gasteiger partial charge is 0.163 e. The average Bonchev–Trinajstić information content (AvgIpc) is 3.46. The minimum absolute atomic E-state index is 0.105. The van der Waals surface area contributed by atoms with Gasteiger partial charge in [0.1, 0.15) is 35.9 Å². The van der Waals surface area contributed by atoms with Gasteiger partial charge in [-0.2, -0.15) is 10.4 Å². The van der Waals surface area contributed by atoms with Crippen LogP contribution in [0.15, 0.2) is 66.4 Å². The number of nitrogens with two attached hydrogens (primary N) is 2. The van der Waals surface area contributed by atoms with Crippen LogP contribution in [0, 0.1) is 11.3 Å². The number of anilines is 1. The highest BCUT2D eigenvalue weighted by Gasteiger charge is 2.20. The third-order valence-electron chi connectivity index (χ3n) is 5.40. The van der Waals surface area contributed by atoms with Gasteiger partial charge in [-0.05, 0) is 63.3 Å². The van der Waals surface area contributed by atoms with Crippen LogP contribution in [0.5, 0.6) is 0 Å². The molecule has 184 valence electrons. The van der Waals surface area contributed by atoms with E-state index in [1.807, 2.05) is 24.3 Å². The molecule has 1 aromatic carbocycles. The fourth-order valence-corrected chi connectivity index (χ4v) is 3.62. The van der Waals surface area contributed by atoms with Gasteiger partial charge in [-0.25, -0.2) is 19.0 Å². The summed E-state index contributed by atoms with van der Waals surface area (Å²) in [5, 5.41) is 27.2. The molecule has 0 fully saturated rings. The number of hydrogen-bond donors (Lipinski definition) is 4. The normalized spacial score (nSPS) is 14.0. The molecule has 0 aliphatic carbocycles. The number of rotatable bonds is 7. The van der Waals surface area contributed by atoms with E-state index in [9.17, 15) is 14.8 Å². The Balaban J connectivity index is 1.77. The Kier molecular flexibility index (Phi) is 6.71. The van der Waals surface area contributed by atoms with E-state index in [0.717, 1.165) is 11.2 Å². The Bertz CT molecular complexity index is 1520. The van der Waals surface area contributed by atoms with E-state index in [1.54, 1.807) is 49.0 Å². The molecule has 0 saturated carbocycles. The lowest BCUT2D eigenvalue weighted by Gasteiger charge is -2.14. The molecule has 6 N–H and O–H groups in total. The van der Waals surface area contributed by atoms with E-state index in [1.165, 1.54) is 17.7 Å². The van der Waals surface area contributed by atoms with E-state index in [-0.39, 0.29) is 17.2 Å². The highest BCUT2D eigenvalue weighted by atomic mass is 19.1. The maximum atomic E-state index is 13.9. The van der Waals surface area contributed by atoms with E-state index in [2.05, 4.69) is 20.4 Å². The Labute approximate surface area is 207 Å². The number of aromatic nitrogens is 5. The van der Waals surface area contributed by atoms with Crippen LogP contribution in [0.4, 0.5) is 10.1 Å². The molecule has 0 aliphatic heterocycles. The van der Waals surface area contributed by atoms with Crippen molar-refractivity contribution in [3.05, 3.63) is 83.3 Å². The Morgan fingerprint density at radius 3 is 2.64 bits per heavy atom. The monoisotopic (exact) mass is 487 g/mol. The Morgan fingerprint density at radius 2 is 1.97 bits per heavy atom. The lowest BCUT2D eigenvalue weighted by atomic mass is 10.1. The highest BCUT2D eigenvalue weighted by molar-refractivity contribution is 5.81. The van der Waals surface area contributed by atoms with E-state index in [4.69, 9.17) is 11.5 Å². The number of benzene rings is 1. The number of nitrogens with one attached hydrogen (secondary N) is 1. The number of alkyl halides is 1. The molecule has 0 spiro atoms. The van der Waals surface area contributed by atoms with Crippen LogP contribution < -0.4 is 16.8 Å². The maximum absolute atomic E-state index is 13.9. The van der Waals surface area contributed by atoms with Gasteiger partial charge in [0.05, 0.1) is 22.8 Å². The molecule has 10 nitrogen and oxygen atoms in total. The number of aliphatic hydroxyl groups is 1. The maximum Gasteiger partial charge on any atom is 0.163 e. The zero-order chi connectivity index (χ0) is 26.0. The molecule has 0 radical (unpaired) electrons. The second kappa shape index (κ2) is 9.89. The second-order valence-corrected chi connectivity index (χ2v) is 8.33. The van der Waals surface area contributed by atoms with Gasteiger partial charge in [-0.1, -0.05) is 0 Å². The van der Waals surface area contributed by atoms with Gasteiger partial charge >= 0.3 is 0 Å². The van der Waals surface area contributed by atoms with E-state index < -0.39 is 12.3 Å². The van der Waals surface area contributed by atoms with Crippen molar-refractivity contribution in [1.82, 2.24) is 24.3 Å². The lowest BCUT2D eigenvalue weighted by Crippen LogP contribution is -2.11. The summed E-state index contributed by atoms with van der Waals surface area (Å²) < 4.78 is 16.9. The average molecular weight is 488 g/mol. The second-order valence-electron chi connectivity index (χ2n) is 8.33. The van der Waals surface area contributed by atoms with Crippen molar-refractivity contribution in [2.45, 2.75) is 33.0 Å². The summed E-state index contributed by atoms with van der Waals surface area (Å²) in [6.07, 6.45) is 2.73. The summed E-state index contributed by atoms with van der Waals surface area (Å²) in [5.74, 6) is 1.13. The number of nitrogens with zero attached hydrogens (tertiary/aromatic N) is 6. The van der Waals surface area contributed by atoms with Gasteiger partial charge in [-0.3, -0.25) is 4.57 Å². The molecule has 0 bridgehead atoms. The van der Waals surface area contributed by atoms with E-state index in [0.29, 0.717) is 28.4 Å². The minimum Gasteiger partial charge on any atom is -0.402 e. The number of allylic oxidation sites excluding steroid dienone is 3. The number of fused-ring (bicyclic) bond motifs is 1. The van der Waals surface area contributed by atoms with Crippen LogP contribution in [0.2, 0.25) is 0 Å². The van der Waals surface area contributed by atoms with Gasteiger partial charge in [0, 0.05) is 23.0 Å². The fraction of sp³-hybridized carbons (Fsp3) is 0.200. The first kappa shape index (κ1) is 24.4. The predicted octanol–water partition coefficient (Wildman–Crippen LogP) is 3.64. The van der Waals surface area contributed by atoms with Crippen LogP contribution in [0.1, 0.15) is 50.0 Å². The summed E-state index contributed by atoms with van der Waals surface area (Å²) in [4.78, 5) is 9.15. The first-order valence-corrected chi connectivity index (χ1v) is 11.2. The van der Waals surface area contributed by atoms with Crippen molar-refractivity contribution in [1.29, 1.82) is 5.26 Å². The van der Waals surface area contributed by atoms with Crippen molar-refractivity contribution >= 4 is 16.7 Å². The number of imidazole rings is 1. The van der Waals surface area contributed by atoms with Crippen molar-refractivity contribution in [2.24, 2.45) is 11.5 Å². The summed E-state index contributed by atoms with van der Waals surface area (Å²) in [5.41, 5.74) is 15.1. The van der Waals surface area contributed by atoms with Crippen molar-refractivity contribution < 1.29 is 9.50 Å². The third-order valence-corrected chi connectivity index (χ3v) is 5.40. The quantitative estimate of drug-likeness (QED) is 0.288. The van der Waals surface area contributed by atoms with Crippen LogP contribution in [0.25, 0.3) is 22.7 Å². The van der Waals surface area contributed by atoms with Crippen LogP contribution >= 0.6 is 0 Å². The molecule has 36 heavy (non-hydrogen) atoms. The molecule has 0 aliphatic rings. The lowest BCUT2D eigenvalue weighted by molar-refractivity contribution is 0.198. The van der Waals surface area contributed by atoms with Gasteiger partial charge < -0.3 is 21.9 Å². The Hall–Kier alpha value is -4.69. The number of nitriles is 1. The molecule has 0 amide bonds. The van der Waals surface area contributed by atoms with Crippen LogP contribution in [-0.4, -0.2) is 29.4 Å². The summed E-state index contributed by atoms with van der Waals surface area (Å²) in [6, 6.07) is 12.4. The zero-order valence-electron chi connectivity index (χ0n) is 20.0. The molecule has 3 aromatic heterocycles. The van der Waals surface area contributed by atoms with Crippen molar-refractivity contribution in [2.75, 3.05) is 5.32 Å².